The molecule has 0 radical (unpaired) electrons. The first-order valence-electron chi connectivity index (χ1n) is 9.66. The number of benzene rings is 2. The summed E-state index contributed by atoms with van der Waals surface area (Å²) in [5.41, 5.74) is 0.964. The topological polar surface area (TPSA) is 70.1 Å². The number of hydrogen-bond acceptors (Lipinski definition) is 5. The average Bonchev–Trinajstić information content (AvgIpc) is 2.98. The molecule has 6 nitrogen and oxygen atoms in total. The molecule has 3 rings (SSSR count). The van der Waals surface area contributed by atoms with Crippen LogP contribution < -0.4 is 4.74 Å². The Morgan fingerprint density at radius 1 is 1.10 bits per heavy atom. The number of likely N-dealkylation sites (tertiary alicyclic amines) is 1. The van der Waals surface area contributed by atoms with Crippen molar-refractivity contribution in [2.75, 3.05) is 34.3 Å². The minimum atomic E-state index is -0.783. The average molecular weight is 412 g/mol. The smallest absolute Gasteiger partial charge is 0.295 e. The molecule has 1 N–H and O–H groups in total. The second-order valence-corrected chi connectivity index (χ2v) is 7.43. The summed E-state index contributed by atoms with van der Waals surface area (Å²) in [7, 11) is 5.38. The van der Waals surface area contributed by atoms with Gasteiger partial charge in [0.05, 0.1) is 18.7 Å². The van der Waals surface area contributed by atoms with E-state index in [2.05, 4.69) is 0 Å². The van der Waals surface area contributed by atoms with Gasteiger partial charge in [0.15, 0.2) is 0 Å². The Bertz CT molecular complexity index is 952. The van der Waals surface area contributed by atoms with E-state index in [1.165, 1.54) is 36.3 Å². The van der Waals surface area contributed by atoms with E-state index in [0.717, 1.165) is 6.54 Å². The summed E-state index contributed by atoms with van der Waals surface area (Å²) in [4.78, 5) is 29.1. The molecule has 0 aromatic heterocycles. The highest BCUT2D eigenvalue weighted by Gasteiger charge is 2.45. The van der Waals surface area contributed by atoms with Crippen LogP contribution in [-0.2, 0) is 9.59 Å². The summed E-state index contributed by atoms with van der Waals surface area (Å²) in [6, 6.07) is 11.4. The molecular formula is C23H25FN2O4. The Hall–Kier alpha value is -3.19. The van der Waals surface area contributed by atoms with Gasteiger partial charge in [0.2, 0.25) is 0 Å². The summed E-state index contributed by atoms with van der Waals surface area (Å²) in [5.74, 6) is -1.50. The molecule has 1 atom stereocenters. The van der Waals surface area contributed by atoms with Gasteiger partial charge >= 0.3 is 0 Å². The van der Waals surface area contributed by atoms with E-state index in [1.54, 1.807) is 24.3 Å². The molecule has 0 spiro atoms. The Kier molecular flexibility index (Phi) is 6.52. The van der Waals surface area contributed by atoms with Crippen LogP contribution in [0.2, 0.25) is 0 Å². The molecular weight excluding hydrogens is 387 g/mol. The molecule has 1 aliphatic heterocycles. The number of aliphatic hydroxyl groups excluding tert-OH is 1. The molecule has 0 saturated carbocycles. The van der Waals surface area contributed by atoms with E-state index >= 15 is 0 Å². The van der Waals surface area contributed by atoms with E-state index in [-0.39, 0.29) is 11.3 Å². The van der Waals surface area contributed by atoms with Crippen LogP contribution >= 0.6 is 0 Å². The molecule has 1 heterocycles. The van der Waals surface area contributed by atoms with Gasteiger partial charge in [-0.1, -0.05) is 12.1 Å². The Morgan fingerprint density at radius 2 is 1.73 bits per heavy atom. The van der Waals surface area contributed by atoms with Crippen molar-refractivity contribution in [3.63, 3.8) is 0 Å². The number of carbonyl (C=O) groups excluding carboxylic acids is 2. The van der Waals surface area contributed by atoms with Gasteiger partial charge in [0.25, 0.3) is 11.7 Å². The van der Waals surface area contributed by atoms with Gasteiger partial charge in [-0.3, -0.25) is 9.59 Å². The third-order valence-electron chi connectivity index (χ3n) is 5.09. The minimum Gasteiger partial charge on any atom is -0.507 e. The highest BCUT2D eigenvalue weighted by Crippen LogP contribution is 2.39. The zero-order valence-electron chi connectivity index (χ0n) is 17.3. The molecule has 158 valence electrons. The number of ether oxygens (including phenoxy) is 1. The number of Topliss-reactive ketones (excluding diaryl/α,β-unsaturated/α-hetero) is 1. The standard InChI is InChI=1S/C23H25FN2O4/c1-25(2)13-4-14-26-20(15-5-9-17(24)10-6-15)19(22(28)23(26)29)21(27)16-7-11-18(30-3)12-8-16/h5-12,20,27H,4,13-14H2,1-3H3/t20-/m0/s1. The van der Waals surface area contributed by atoms with Gasteiger partial charge in [-0.15, -0.1) is 0 Å². The van der Waals surface area contributed by atoms with Gasteiger partial charge in [-0.05, 0) is 69.0 Å². The first kappa shape index (κ1) is 21.5. The summed E-state index contributed by atoms with van der Waals surface area (Å²) in [5, 5.41) is 10.9. The fourth-order valence-corrected chi connectivity index (χ4v) is 3.56. The van der Waals surface area contributed by atoms with E-state index in [4.69, 9.17) is 4.74 Å². The van der Waals surface area contributed by atoms with E-state index in [9.17, 15) is 19.1 Å². The largest absolute Gasteiger partial charge is 0.507 e. The summed E-state index contributed by atoms with van der Waals surface area (Å²) < 4.78 is 18.6. The number of nitrogens with zero attached hydrogens (tertiary/aromatic N) is 2. The van der Waals surface area contributed by atoms with Crippen LogP contribution in [0.4, 0.5) is 4.39 Å². The van der Waals surface area contributed by atoms with Gasteiger partial charge < -0.3 is 19.6 Å². The Morgan fingerprint density at radius 3 is 2.30 bits per heavy atom. The van der Waals surface area contributed by atoms with Crippen molar-refractivity contribution in [1.29, 1.82) is 0 Å². The zero-order valence-corrected chi connectivity index (χ0v) is 17.3. The highest BCUT2D eigenvalue weighted by atomic mass is 19.1. The van der Waals surface area contributed by atoms with Crippen molar-refractivity contribution in [3.05, 3.63) is 71.0 Å². The summed E-state index contributed by atoms with van der Waals surface area (Å²) in [6.07, 6.45) is 0.653. The van der Waals surface area contributed by atoms with Crippen LogP contribution in [0.25, 0.3) is 5.76 Å². The molecule has 1 saturated heterocycles. The number of carbonyl (C=O) groups is 2. The summed E-state index contributed by atoms with van der Waals surface area (Å²) in [6.45, 7) is 1.07. The number of ketones is 1. The lowest BCUT2D eigenvalue weighted by Crippen LogP contribution is -2.32. The van der Waals surface area contributed by atoms with Crippen molar-refractivity contribution in [2.24, 2.45) is 0 Å². The van der Waals surface area contributed by atoms with Crippen molar-refractivity contribution < 1.29 is 23.8 Å². The number of hydrogen-bond donors (Lipinski definition) is 1. The third kappa shape index (κ3) is 4.36. The SMILES string of the molecule is COc1ccc(C(O)=C2C(=O)C(=O)N(CCCN(C)C)[C@H]2c2ccc(F)cc2)cc1. The number of amides is 1. The molecule has 1 aliphatic rings. The lowest BCUT2D eigenvalue weighted by Gasteiger charge is -2.26. The molecule has 1 fully saturated rings. The van der Waals surface area contributed by atoms with Gasteiger partial charge in [-0.25, -0.2) is 4.39 Å². The maximum absolute atomic E-state index is 13.5. The molecule has 2 aromatic carbocycles. The fourth-order valence-electron chi connectivity index (χ4n) is 3.56. The predicted octanol–water partition coefficient (Wildman–Crippen LogP) is 3.21. The monoisotopic (exact) mass is 412 g/mol. The Balaban J connectivity index is 2.06. The van der Waals surface area contributed by atoms with Crippen LogP contribution in [0, 0.1) is 5.82 Å². The van der Waals surface area contributed by atoms with Crippen molar-refractivity contribution in [1.82, 2.24) is 9.80 Å². The molecule has 0 bridgehead atoms. The number of methoxy groups -OCH3 is 1. The van der Waals surface area contributed by atoms with E-state index in [0.29, 0.717) is 29.8 Å². The first-order chi connectivity index (χ1) is 14.3. The van der Waals surface area contributed by atoms with Crippen molar-refractivity contribution in [2.45, 2.75) is 12.5 Å². The van der Waals surface area contributed by atoms with E-state index < -0.39 is 23.5 Å². The number of halogens is 1. The van der Waals surface area contributed by atoms with Crippen LogP contribution in [-0.4, -0.2) is 60.9 Å². The molecule has 0 aliphatic carbocycles. The van der Waals surface area contributed by atoms with Crippen LogP contribution in [0.5, 0.6) is 5.75 Å². The van der Waals surface area contributed by atoms with Crippen LogP contribution in [0.3, 0.4) is 0 Å². The second-order valence-electron chi connectivity index (χ2n) is 7.43. The minimum absolute atomic E-state index is 0.00151. The molecule has 2 aromatic rings. The van der Waals surface area contributed by atoms with Gasteiger partial charge in [0, 0.05) is 12.1 Å². The second kappa shape index (κ2) is 9.09. The van der Waals surface area contributed by atoms with E-state index in [1.807, 2.05) is 19.0 Å². The molecule has 1 amide bonds. The maximum atomic E-state index is 13.5. The zero-order chi connectivity index (χ0) is 21.8. The lowest BCUT2D eigenvalue weighted by molar-refractivity contribution is -0.139. The number of rotatable bonds is 7. The van der Waals surface area contributed by atoms with Crippen molar-refractivity contribution >= 4 is 17.4 Å². The summed E-state index contributed by atoms with van der Waals surface area (Å²) >= 11 is 0. The normalized spacial score (nSPS) is 18.3. The van der Waals surface area contributed by atoms with Crippen LogP contribution in [0.1, 0.15) is 23.6 Å². The third-order valence-corrected chi connectivity index (χ3v) is 5.09. The predicted molar refractivity (Wildman–Crippen MR) is 112 cm³/mol. The molecule has 7 heteroatoms. The Labute approximate surface area is 175 Å². The van der Waals surface area contributed by atoms with Crippen molar-refractivity contribution in [3.8, 4) is 5.75 Å². The highest BCUT2D eigenvalue weighted by molar-refractivity contribution is 6.46. The molecule has 30 heavy (non-hydrogen) atoms. The van der Waals surface area contributed by atoms with Gasteiger partial charge in [-0.2, -0.15) is 0 Å². The van der Waals surface area contributed by atoms with Crippen LogP contribution in [0.15, 0.2) is 54.1 Å². The lowest BCUT2D eigenvalue weighted by atomic mass is 9.95. The van der Waals surface area contributed by atoms with Gasteiger partial charge in [0.1, 0.15) is 17.3 Å². The quantitative estimate of drug-likeness (QED) is 0.430. The fraction of sp³-hybridized carbons (Fsp3) is 0.304. The first-order valence-corrected chi connectivity index (χ1v) is 9.66. The number of aliphatic hydroxyl groups is 1. The maximum Gasteiger partial charge on any atom is 0.295 e. The molecule has 0 unspecified atom stereocenters.